The van der Waals surface area contributed by atoms with Gasteiger partial charge in [-0.05, 0) is 69.2 Å². The molecule has 1 aromatic heterocycles. The first-order valence-corrected chi connectivity index (χ1v) is 10.7. The third-order valence-electron chi connectivity index (χ3n) is 6.32. The van der Waals surface area contributed by atoms with Gasteiger partial charge in [0, 0.05) is 42.6 Å². The number of piperidine rings is 1. The van der Waals surface area contributed by atoms with E-state index >= 15 is 0 Å². The van der Waals surface area contributed by atoms with E-state index in [2.05, 4.69) is 5.32 Å². The quantitative estimate of drug-likeness (QED) is 0.726. The van der Waals surface area contributed by atoms with Crippen molar-refractivity contribution < 1.29 is 13.9 Å². The largest absolute Gasteiger partial charge is 0.497 e. The molecule has 1 aliphatic carbocycles. The smallest absolute Gasteiger partial charge is 0.339 e. The van der Waals surface area contributed by atoms with Crippen molar-refractivity contribution in [1.29, 1.82) is 0 Å². The number of fused-ring (bicyclic) bond motifs is 1. The molecule has 6 nitrogen and oxygen atoms in total. The Hall–Kier alpha value is -2.34. The van der Waals surface area contributed by atoms with Crippen molar-refractivity contribution in [1.82, 2.24) is 10.2 Å². The highest BCUT2D eigenvalue weighted by Gasteiger charge is 2.26. The monoisotopic (exact) mass is 398 g/mol. The standard InChI is InChI=1S/C23H30N2O4/c1-15-19-6-5-18(28-2)13-21(19)29-23(27)20(15)7-8-22(26)25-11-9-17(10-12-25)24-14-16-3-4-16/h5-6,13,16-17,24H,3-4,7-12,14H2,1-2H3. The van der Waals surface area contributed by atoms with Crippen LogP contribution in [0.4, 0.5) is 0 Å². The molecule has 1 amide bonds. The van der Waals surface area contributed by atoms with Gasteiger partial charge in [0.2, 0.25) is 5.91 Å². The molecule has 0 radical (unpaired) electrons. The zero-order valence-corrected chi connectivity index (χ0v) is 17.3. The minimum Gasteiger partial charge on any atom is -0.497 e. The van der Waals surface area contributed by atoms with Gasteiger partial charge in [-0.1, -0.05) is 0 Å². The average Bonchev–Trinajstić information content (AvgIpc) is 3.56. The van der Waals surface area contributed by atoms with Crippen LogP contribution in [0.15, 0.2) is 27.4 Å². The molecule has 0 unspecified atom stereocenters. The van der Waals surface area contributed by atoms with Crippen molar-refractivity contribution in [2.45, 2.75) is 51.5 Å². The van der Waals surface area contributed by atoms with E-state index in [-0.39, 0.29) is 11.5 Å². The van der Waals surface area contributed by atoms with Gasteiger partial charge in [0.1, 0.15) is 11.3 Å². The Morgan fingerprint density at radius 3 is 2.69 bits per heavy atom. The molecule has 29 heavy (non-hydrogen) atoms. The van der Waals surface area contributed by atoms with E-state index in [4.69, 9.17) is 9.15 Å². The lowest BCUT2D eigenvalue weighted by Crippen LogP contribution is -2.45. The summed E-state index contributed by atoms with van der Waals surface area (Å²) in [6, 6.07) is 6.01. The Balaban J connectivity index is 1.35. The maximum atomic E-state index is 12.7. The number of hydrogen-bond acceptors (Lipinski definition) is 5. The van der Waals surface area contributed by atoms with Gasteiger partial charge in [-0.3, -0.25) is 4.79 Å². The van der Waals surface area contributed by atoms with Gasteiger partial charge in [-0.15, -0.1) is 0 Å². The highest BCUT2D eigenvalue weighted by molar-refractivity contribution is 5.82. The van der Waals surface area contributed by atoms with Crippen LogP contribution in [0.5, 0.6) is 5.75 Å². The molecule has 1 saturated heterocycles. The molecule has 0 spiro atoms. The molecular weight excluding hydrogens is 368 g/mol. The SMILES string of the molecule is COc1ccc2c(C)c(CCC(=O)N3CCC(NCC4CC4)CC3)c(=O)oc2c1. The fourth-order valence-electron chi connectivity index (χ4n) is 4.17. The van der Waals surface area contributed by atoms with Gasteiger partial charge in [0.05, 0.1) is 7.11 Å². The van der Waals surface area contributed by atoms with Crippen LogP contribution in [0.3, 0.4) is 0 Å². The van der Waals surface area contributed by atoms with Gasteiger partial charge < -0.3 is 19.4 Å². The number of ether oxygens (including phenoxy) is 1. The Bertz CT molecular complexity index is 940. The van der Waals surface area contributed by atoms with E-state index in [0.717, 1.165) is 49.3 Å². The zero-order valence-electron chi connectivity index (χ0n) is 17.3. The molecule has 2 heterocycles. The Labute approximate surface area is 171 Å². The predicted octanol–water partition coefficient (Wildman–Crippen LogP) is 3.03. The maximum Gasteiger partial charge on any atom is 0.339 e. The second kappa shape index (κ2) is 8.57. The van der Waals surface area contributed by atoms with Gasteiger partial charge in [0.15, 0.2) is 0 Å². The first kappa shape index (κ1) is 20.0. The molecule has 4 rings (SSSR count). The third-order valence-corrected chi connectivity index (χ3v) is 6.32. The minimum absolute atomic E-state index is 0.124. The lowest BCUT2D eigenvalue weighted by molar-refractivity contribution is -0.132. The van der Waals surface area contributed by atoms with Crippen LogP contribution in [0, 0.1) is 12.8 Å². The fourth-order valence-corrected chi connectivity index (χ4v) is 4.17. The summed E-state index contributed by atoms with van der Waals surface area (Å²) in [5.41, 5.74) is 1.63. The normalized spacial score (nSPS) is 17.7. The summed E-state index contributed by atoms with van der Waals surface area (Å²) in [5, 5.41) is 4.52. The first-order valence-electron chi connectivity index (χ1n) is 10.7. The van der Waals surface area contributed by atoms with Crippen LogP contribution < -0.4 is 15.7 Å². The molecule has 0 atom stereocenters. The van der Waals surface area contributed by atoms with Gasteiger partial charge in [-0.25, -0.2) is 4.79 Å². The van der Waals surface area contributed by atoms with Crippen molar-refractivity contribution in [3.05, 3.63) is 39.7 Å². The molecule has 1 aromatic carbocycles. The number of nitrogens with zero attached hydrogens (tertiary/aromatic N) is 1. The summed E-state index contributed by atoms with van der Waals surface area (Å²) in [6.07, 6.45) is 5.50. The molecule has 2 aromatic rings. The number of carbonyl (C=O) groups is 1. The van der Waals surface area contributed by atoms with Crippen LogP contribution >= 0.6 is 0 Å². The molecule has 2 aliphatic rings. The zero-order chi connectivity index (χ0) is 20.4. The summed E-state index contributed by atoms with van der Waals surface area (Å²) < 4.78 is 10.7. The van der Waals surface area contributed by atoms with Crippen LogP contribution in [-0.4, -0.2) is 43.6 Å². The van der Waals surface area contributed by atoms with Crippen LogP contribution in [0.2, 0.25) is 0 Å². The van der Waals surface area contributed by atoms with E-state index in [1.165, 1.54) is 12.8 Å². The summed E-state index contributed by atoms with van der Waals surface area (Å²) in [6.45, 7) is 4.64. The van der Waals surface area contributed by atoms with Gasteiger partial charge in [-0.2, -0.15) is 0 Å². The second-order valence-electron chi connectivity index (χ2n) is 8.36. The van der Waals surface area contributed by atoms with E-state index < -0.39 is 0 Å². The third kappa shape index (κ3) is 4.64. The first-order chi connectivity index (χ1) is 14.0. The molecule has 1 saturated carbocycles. The summed E-state index contributed by atoms with van der Waals surface area (Å²) >= 11 is 0. The van der Waals surface area contributed by atoms with Gasteiger partial charge in [0.25, 0.3) is 0 Å². The van der Waals surface area contributed by atoms with Crippen molar-refractivity contribution in [3.8, 4) is 5.75 Å². The highest BCUT2D eigenvalue weighted by Crippen LogP contribution is 2.28. The van der Waals surface area contributed by atoms with Crippen molar-refractivity contribution in [2.24, 2.45) is 5.92 Å². The van der Waals surface area contributed by atoms with Crippen LogP contribution in [0.1, 0.15) is 43.2 Å². The molecule has 6 heteroatoms. The van der Waals surface area contributed by atoms with Gasteiger partial charge >= 0.3 is 5.63 Å². The Kier molecular flexibility index (Phi) is 5.90. The molecule has 1 aliphatic heterocycles. The van der Waals surface area contributed by atoms with Crippen molar-refractivity contribution >= 4 is 16.9 Å². The molecule has 0 bridgehead atoms. The topological polar surface area (TPSA) is 71.8 Å². The highest BCUT2D eigenvalue weighted by atomic mass is 16.5. The van der Waals surface area contributed by atoms with E-state index in [1.54, 1.807) is 13.2 Å². The van der Waals surface area contributed by atoms with Crippen molar-refractivity contribution in [3.63, 3.8) is 0 Å². The number of amides is 1. The van der Waals surface area contributed by atoms with E-state index in [0.29, 0.717) is 35.8 Å². The molecule has 2 fully saturated rings. The molecule has 156 valence electrons. The number of nitrogens with one attached hydrogen (secondary N) is 1. The number of benzene rings is 1. The lowest BCUT2D eigenvalue weighted by Gasteiger charge is -2.32. The van der Waals surface area contributed by atoms with E-state index in [9.17, 15) is 9.59 Å². The number of likely N-dealkylation sites (tertiary alicyclic amines) is 1. The lowest BCUT2D eigenvalue weighted by atomic mass is 10.0. The minimum atomic E-state index is -0.362. The number of aryl methyl sites for hydroxylation is 1. The number of carbonyl (C=O) groups excluding carboxylic acids is 1. The number of methoxy groups -OCH3 is 1. The Morgan fingerprint density at radius 1 is 1.24 bits per heavy atom. The Morgan fingerprint density at radius 2 is 2.00 bits per heavy atom. The van der Waals surface area contributed by atoms with Crippen LogP contribution in [0.25, 0.3) is 11.0 Å². The maximum absolute atomic E-state index is 12.7. The molecular formula is C23H30N2O4. The number of rotatable bonds is 7. The summed E-state index contributed by atoms with van der Waals surface area (Å²) in [4.78, 5) is 27.1. The summed E-state index contributed by atoms with van der Waals surface area (Å²) in [5.74, 6) is 1.66. The van der Waals surface area contributed by atoms with E-state index in [1.807, 2.05) is 24.0 Å². The summed E-state index contributed by atoms with van der Waals surface area (Å²) in [7, 11) is 1.58. The van der Waals surface area contributed by atoms with Crippen molar-refractivity contribution in [2.75, 3.05) is 26.7 Å². The average molecular weight is 399 g/mol. The van der Waals surface area contributed by atoms with Crippen LogP contribution in [-0.2, 0) is 11.2 Å². The molecule has 1 N–H and O–H groups in total. The second-order valence-corrected chi connectivity index (χ2v) is 8.36. The predicted molar refractivity (Wildman–Crippen MR) is 112 cm³/mol. The number of hydrogen-bond donors (Lipinski definition) is 1. The fraction of sp³-hybridized carbons (Fsp3) is 0.565.